The lowest BCUT2D eigenvalue weighted by Gasteiger charge is -2.06. The summed E-state index contributed by atoms with van der Waals surface area (Å²) >= 11 is 0. The van der Waals surface area contributed by atoms with Crippen LogP contribution in [-0.2, 0) is 4.79 Å². The van der Waals surface area contributed by atoms with Gasteiger partial charge in [0.25, 0.3) is 5.91 Å². The number of pyridine rings is 1. The quantitative estimate of drug-likeness (QED) is 0.653. The third kappa shape index (κ3) is 4.72. The molecule has 1 aromatic heterocycles. The Kier molecular flexibility index (Phi) is 5.04. The van der Waals surface area contributed by atoms with Crippen molar-refractivity contribution in [2.45, 2.75) is 13.8 Å². The average Bonchev–Trinajstić information content (AvgIpc) is 2.53. The Balaban J connectivity index is 1.83. The Bertz CT molecular complexity index is 620. The van der Waals surface area contributed by atoms with Gasteiger partial charge in [0, 0.05) is 11.9 Å². The van der Waals surface area contributed by atoms with Crippen LogP contribution in [0.25, 0.3) is 0 Å². The summed E-state index contributed by atoms with van der Waals surface area (Å²) in [7, 11) is 0. The monoisotopic (exact) mass is 282 g/mol. The minimum atomic E-state index is -0.203. The lowest BCUT2D eigenvalue weighted by atomic mass is 10.2. The number of nitrogens with zero attached hydrogens (tertiary/aromatic N) is 2. The molecule has 0 spiro atoms. The number of aromatic nitrogens is 1. The first-order chi connectivity index (χ1) is 10.1. The Morgan fingerprint density at radius 3 is 2.62 bits per heavy atom. The number of rotatable bonds is 5. The van der Waals surface area contributed by atoms with E-state index in [9.17, 15) is 4.79 Å². The summed E-state index contributed by atoms with van der Waals surface area (Å²) in [6.45, 7) is 3.99. The van der Waals surface area contributed by atoms with E-state index in [1.807, 2.05) is 49.4 Å². The number of aryl methyl sites for hydroxylation is 1. The van der Waals surface area contributed by atoms with Crippen molar-refractivity contribution in [1.29, 1.82) is 0 Å². The molecule has 0 bridgehead atoms. The SMILES string of the molecule is C/C(=N\NC(=O)CNc1ccc(C)cc1)c1ccccn1. The molecule has 0 saturated heterocycles. The van der Waals surface area contributed by atoms with Crippen LogP contribution in [0.1, 0.15) is 18.2 Å². The second kappa shape index (κ2) is 7.19. The van der Waals surface area contributed by atoms with Gasteiger partial charge in [0.1, 0.15) is 0 Å². The second-order valence-electron chi connectivity index (χ2n) is 4.67. The summed E-state index contributed by atoms with van der Waals surface area (Å²) in [6.07, 6.45) is 1.69. The van der Waals surface area contributed by atoms with Crippen LogP contribution in [0.2, 0.25) is 0 Å². The minimum absolute atomic E-state index is 0.169. The van der Waals surface area contributed by atoms with Crippen molar-refractivity contribution >= 4 is 17.3 Å². The van der Waals surface area contributed by atoms with Gasteiger partial charge in [0.05, 0.1) is 18.0 Å². The van der Waals surface area contributed by atoms with Crippen LogP contribution in [-0.4, -0.2) is 23.1 Å². The van der Waals surface area contributed by atoms with E-state index in [1.165, 1.54) is 5.56 Å². The van der Waals surface area contributed by atoms with E-state index in [0.29, 0.717) is 5.71 Å². The third-order valence-electron chi connectivity index (χ3n) is 2.89. The molecule has 2 N–H and O–H groups in total. The number of carbonyl (C=O) groups is 1. The van der Waals surface area contributed by atoms with Gasteiger partial charge in [0.2, 0.25) is 0 Å². The van der Waals surface area contributed by atoms with Gasteiger partial charge in [-0.15, -0.1) is 0 Å². The maximum Gasteiger partial charge on any atom is 0.259 e. The van der Waals surface area contributed by atoms with Gasteiger partial charge in [-0.1, -0.05) is 23.8 Å². The van der Waals surface area contributed by atoms with Gasteiger partial charge < -0.3 is 5.32 Å². The van der Waals surface area contributed by atoms with Crippen LogP contribution in [0.5, 0.6) is 0 Å². The van der Waals surface area contributed by atoms with Crippen LogP contribution in [0.3, 0.4) is 0 Å². The summed E-state index contributed by atoms with van der Waals surface area (Å²) in [5.41, 5.74) is 6.00. The zero-order valence-electron chi connectivity index (χ0n) is 12.1. The number of hydrogen-bond acceptors (Lipinski definition) is 4. The maximum atomic E-state index is 11.7. The highest BCUT2D eigenvalue weighted by Gasteiger charge is 2.01. The van der Waals surface area contributed by atoms with Gasteiger partial charge in [-0.25, -0.2) is 5.43 Å². The van der Waals surface area contributed by atoms with Crippen LogP contribution in [0, 0.1) is 6.92 Å². The number of nitrogens with one attached hydrogen (secondary N) is 2. The van der Waals surface area contributed by atoms with Crippen LogP contribution >= 0.6 is 0 Å². The van der Waals surface area contributed by atoms with Gasteiger partial charge in [-0.05, 0) is 38.1 Å². The first-order valence-corrected chi connectivity index (χ1v) is 6.70. The Labute approximate surface area is 124 Å². The predicted molar refractivity (Wildman–Crippen MR) is 84.3 cm³/mol. The van der Waals surface area contributed by atoms with Crippen molar-refractivity contribution < 1.29 is 4.79 Å². The van der Waals surface area contributed by atoms with Crippen molar-refractivity contribution in [2.24, 2.45) is 5.10 Å². The molecule has 0 aliphatic heterocycles. The molecule has 1 aromatic carbocycles. The zero-order chi connectivity index (χ0) is 15.1. The van der Waals surface area contributed by atoms with E-state index in [1.54, 1.807) is 13.1 Å². The molecule has 0 unspecified atom stereocenters. The van der Waals surface area contributed by atoms with Crippen LogP contribution in [0.15, 0.2) is 53.8 Å². The fourth-order valence-corrected chi connectivity index (χ4v) is 1.67. The Hall–Kier alpha value is -2.69. The van der Waals surface area contributed by atoms with Gasteiger partial charge in [-0.3, -0.25) is 9.78 Å². The molecule has 2 aromatic rings. The summed E-state index contributed by atoms with van der Waals surface area (Å²) in [5.74, 6) is -0.203. The zero-order valence-corrected chi connectivity index (χ0v) is 12.1. The average molecular weight is 282 g/mol. The maximum absolute atomic E-state index is 11.7. The Morgan fingerprint density at radius 2 is 1.95 bits per heavy atom. The molecular weight excluding hydrogens is 264 g/mol. The van der Waals surface area contributed by atoms with Gasteiger partial charge >= 0.3 is 0 Å². The number of benzene rings is 1. The minimum Gasteiger partial charge on any atom is -0.376 e. The molecule has 21 heavy (non-hydrogen) atoms. The second-order valence-corrected chi connectivity index (χ2v) is 4.67. The highest BCUT2D eigenvalue weighted by molar-refractivity contribution is 5.97. The van der Waals surface area contributed by atoms with E-state index in [-0.39, 0.29) is 12.5 Å². The molecule has 0 saturated carbocycles. The molecule has 0 atom stereocenters. The highest BCUT2D eigenvalue weighted by Crippen LogP contribution is 2.07. The molecule has 1 amide bonds. The summed E-state index contributed by atoms with van der Waals surface area (Å²) in [5, 5.41) is 7.07. The third-order valence-corrected chi connectivity index (χ3v) is 2.89. The fourth-order valence-electron chi connectivity index (χ4n) is 1.67. The summed E-state index contributed by atoms with van der Waals surface area (Å²) in [4.78, 5) is 15.9. The molecule has 0 aliphatic rings. The van der Waals surface area contributed by atoms with E-state index < -0.39 is 0 Å². The number of anilines is 1. The smallest absolute Gasteiger partial charge is 0.259 e. The summed E-state index contributed by atoms with van der Waals surface area (Å²) < 4.78 is 0. The molecule has 0 fully saturated rings. The molecule has 0 radical (unpaired) electrons. The molecule has 1 heterocycles. The van der Waals surface area contributed by atoms with Gasteiger partial charge in [-0.2, -0.15) is 5.10 Å². The Morgan fingerprint density at radius 1 is 1.19 bits per heavy atom. The van der Waals surface area contributed by atoms with E-state index in [2.05, 4.69) is 20.8 Å². The fraction of sp³-hybridized carbons (Fsp3) is 0.188. The topological polar surface area (TPSA) is 66.4 Å². The van der Waals surface area contributed by atoms with Crippen LogP contribution < -0.4 is 10.7 Å². The standard InChI is InChI=1S/C16H18N4O/c1-12-6-8-14(9-7-12)18-11-16(21)20-19-13(2)15-5-3-4-10-17-15/h3-10,18H,11H2,1-2H3,(H,20,21)/b19-13+. The van der Waals surface area contributed by atoms with Crippen molar-refractivity contribution in [3.63, 3.8) is 0 Å². The van der Waals surface area contributed by atoms with E-state index in [0.717, 1.165) is 11.4 Å². The number of amides is 1. The molecule has 2 rings (SSSR count). The number of hydrogen-bond donors (Lipinski definition) is 2. The molecule has 5 heteroatoms. The normalized spacial score (nSPS) is 11.0. The largest absolute Gasteiger partial charge is 0.376 e. The molecule has 5 nitrogen and oxygen atoms in total. The lowest BCUT2D eigenvalue weighted by molar-refractivity contribution is -0.119. The van der Waals surface area contributed by atoms with Crippen molar-refractivity contribution in [1.82, 2.24) is 10.4 Å². The van der Waals surface area contributed by atoms with E-state index >= 15 is 0 Å². The number of carbonyl (C=O) groups excluding carboxylic acids is 1. The molecular formula is C16H18N4O. The van der Waals surface area contributed by atoms with Crippen molar-refractivity contribution in [3.8, 4) is 0 Å². The first kappa shape index (κ1) is 14.7. The van der Waals surface area contributed by atoms with E-state index in [4.69, 9.17) is 0 Å². The summed E-state index contributed by atoms with van der Waals surface area (Å²) in [6, 6.07) is 13.4. The molecule has 0 aliphatic carbocycles. The van der Waals surface area contributed by atoms with Gasteiger partial charge in [0.15, 0.2) is 0 Å². The highest BCUT2D eigenvalue weighted by atomic mass is 16.2. The molecule has 108 valence electrons. The number of hydrazone groups is 1. The van der Waals surface area contributed by atoms with Crippen molar-refractivity contribution in [2.75, 3.05) is 11.9 Å². The van der Waals surface area contributed by atoms with Crippen molar-refractivity contribution in [3.05, 3.63) is 59.9 Å². The first-order valence-electron chi connectivity index (χ1n) is 6.70. The lowest BCUT2D eigenvalue weighted by Crippen LogP contribution is -2.26. The predicted octanol–water partition coefficient (Wildman–Crippen LogP) is 2.34. The van der Waals surface area contributed by atoms with Crippen LogP contribution in [0.4, 0.5) is 5.69 Å².